The third-order valence-corrected chi connectivity index (χ3v) is 5.40. The number of thiophene rings is 1. The standard InChI is InChI=1S/C17H21ClN2O2S/c1-21-12-3-4-14(22-2)13(11-12)17(15-5-6-16(18)23-15)20-9-7-19-8-10-20/h3-6,11,17,19H,7-10H2,1-2H3. The molecule has 0 amide bonds. The van der Waals surface area contributed by atoms with Gasteiger partial charge in [0.15, 0.2) is 0 Å². The summed E-state index contributed by atoms with van der Waals surface area (Å²) >= 11 is 7.82. The summed E-state index contributed by atoms with van der Waals surface area (Å²) in [4.78, 5) is 3.69. The van der Waals surface area contributed by atoms with Crippen LogP contribution in [-0.4, -0.2) is 45.3 Å². The fourth-order valence-electron chi connectivity index (χ4n) is 3.00. The van der Waals surface area contributed by atoms with Gasteiger partial charge >= 0.3 is 0 Å². The minimum Gasteiger partial charge on any atom is -0.497 e. The number of halogens is 1. The van der Waals surface area contributed by atoms with Gasteiger partial charge < -0.3 is 14.8 Å². The van der Waals surface area contributed by atoms with Gasteiger partial charge in [-0.3, -0.25) is 4.90 Å². The van der Waals surface area contributed by atoms with Gasteiger partial charge in [-0.2, -0.15) is 0 Å². The first-order chi connectivity index (χ1) is 11.2. The molecular formula is C17H21ClN2O2S. The van der Waals surface area contributed by atoms with Crippen molar-refractivity contribution in [3.05, 3.63) is 45.1 Å². The summed E-state index contributed by atoms with van der Waals surface area (Å²) in [5.41, 5.74) is 1.12. The summed E-state index contributed by atoms with van der Waals surface area (Å²) in [5.74, 6) is 1.71. The van der Waals surface area contributed by atoms with Crippen molar-refractivity contribution in [2.45, 2.75) is 6.04 Å². The number of rotatable bonds is 5. The molecule has 0 spiro atoms. The second kappa shape index (κ2) is 7.53. The smallest absolute Gasteiger partial charge is 0.124 e. The number of benzene rings is 1. The van der Waals surface area contributed by atoms with E-state index in [1.54, 1.807) is 25.6 Å². The maximum absolute atomic E-state index is 6.19. The van der Waals surface area contributed by atoms with E-state index >= 15 is 0 Å². The normalized spacial score (nSPS) is 17.0. The van der Waals surface area contributed by atoms with E-state index in [1.807, 2.05) is 18.2 Å². The molecule has 3 rings (SSSR count). The van der Waals surface area contributed by atoms with Crippen molar-refractivity contribution in [1.82, 2.24) is 10.2 Å². The van der Waals surface area contributed by atoms with Crippen LogP contribution in [0.25, 0.3) is 0 Å². The monoisotopic (exact) mass is 352 g/mol. The van der Waals surface area contributed by atoms with Crippen molar-refractivity contribution in [2.75, 3.05) is 40.4 Å². The van der Waals surface area contributed by atoms with Crippen LogP contribution in [0.3, 0.4) is 0 Å². The Labute approximate surface area is 146 Å². The van der Waals surface area contributed by atoms with E-state index in [2.05, 4.69) is 22.3 Å². The molecule has 2 heterocycles. The lowest BCUT2D eigenvalue weighted by Crippen LogP contribution is -2.45. The number of nitrogens with one attached hydrogen (secondary N) is 1. The largest absolute Gasteiger partial charge is 0.497 e. The van der Waals surface area contributed by atoms with Crippen LogP contribution in [0.4, 0.5) is 0 Å². The van der Waals surface area contributed by atoms with Gasteiger partial charge in [-0.15, -0.1) is 11.3 Å². The van der Waals surface area contributed by atoms with E-state index in [0.717, 1.165) is 47.6 Å². The molecule has 1 unspecified atom stereocenters. The predicted molar refractivity (Wildman–Crippen MR) is 95.2 cm³/mol. The molecule has 0 radical (unpaired) electrons. The van der Waals surface area contributed by atoms with Gasteiger partial charge in [-0.25, -0.2) is 0 Å². The summed E-state index contributed by atoms with van der Waals surface area (Å²) in [7, 11) is 3.40. The molecule has 4 nitrogen and oxygen atoms in total. The highest BCUT2D eigenvalue weighted by molar-refractivity contribution is 7.16. The molecule has 0 bridgehead atoms. The molecule has 23 heavy (non-hydrogen) atoms. The minimum absolute atomic E-state index is 0.125. The quantitative estimate of drug-likeness (QED) is 0.894. The zero-order chi connectivity index (χ0) is 16.2. The van der Waals surface area contributed by atoms with Crippen molar-refractivity contribution in [2.24, 2.45) is 0 Å². The molecule has 1 aromatic carbocycles. The molecule has 1 N–H and O–H groups in total. The van der Waals surface area contributed by atoms with E-state index < -0.39 is 0 Å². The van der Waals surface area contributed by atoms with Gasteiger partial charge in [0.25, 0.3) is 0 Å². The van der Waals surface area contributed by atoms with Crippen LogP contribution in [-0.2, 0) is 0 Å². The van der Waals surface area contributed by atoms with Gasteiger partial charge in [0, 0.05) is 36.6 Å². The molecule has 1 fully saturated rings. The van der Waals surface area contributed by atoms with Crippen molar-refractivity contribution >= 4 is 22.9 Å². The molecule has 1 saturated heterocycles. The van der Waals surface area contributed by atoms with Gasteiger partial charge in [-0.1, -0.05) is 11.6 Å². The first-order valence-corrected chi connectivity index (χ1v) is 8.84. The van der Waals surface area contributed by atoms with Crippen LogP contribution in [0.2, 0.25) is 4.34 Å². The van der Waals surface area contributed by atoms with Gasteiger partial charge in [0.05, 0.1) is 24.6 Å². The third kappa shape index (κ3) is 3.63. The highest BCUT2D eigenvalue weighted by Gasteiger charge is 2.28. The Balaban J connectivity index is 2.07. The molecule has 1 atom stereocenters. The molecule has 124 valence electrons. The van der Waals surface area contributed by atoms with Gasteiger partial charge in [-0.05, 0) is 30.3 Å². The van der Waals surface area contributed by atoms with E-state index in [4.69, 9.17) is 21.1 Å². The third-order valence-electron chi connectivity index (χ3n) is 4.11. The van der Waals surface area contributed by atoms with Crippen LogP contribution in [0.1, 0.15) is 16.5 Å². The van der Waals surface area contributed by atoms with Crippen molar-refractivity contribution in [3.63, 3.8) is 0 Å². The summed E-state index contributed by atoms with van der Waals surface area (Å²) in [6.07, 6.45) is 0. The fourth-order valence-corrected chi connectivity index (χ4v) is 4.21. The number of hydrogen-bond acceptors (Lipinski definition) is 5. The van der Waals surface area contributed by atoms with Gasteiger partial charge in [0.1, 0.15) is 11.5 Å². The first-order valence-electron chi connectivity index (χ1n) is 7.65. The van der Waals surface area contributed by atoms with Crippen LogP contribution >= 0.6 is 22.9 Å². The zero-order valence-corrected chi connectivity index (χ0v) is 14.9. The molecule has 0 aliphatic carbocycles. The minimum atomic E-state index is 0.125. The van der Waals surface area contributed by atoms with Crippen LogP contribution in [0, 0.1) is 0 Å². The van der Waals surface area contributed by atoms with E-state index in [-0.39, 0.29) is 6.04 Å². The van der Waals surface area contributed by atoms with Crippen molar-refractivity contribution in [1.29, 1.82) is 0 Å². The molecule has 0 saturated carbocycles. The summed E-state index contributed by atoms with van der Waals surface area (Å²) < 4.78 is 11.8. The predicted octanol–water partition coefficient (Wildman–Crippen LogP) is 3.41. The van der Waals surface area contributed by atoms with E-state index in [1.165, 1.54) is 4.88 Å². The number of ether oxygens (including phenoxy) is 2. The summed E-state index contributed by atoms with van der Waals surface area (Å²) in [6.45, 7) is 3.95. The zero-order valence-electron chi connectivity index (χ0n) is 13.3. The Hall–Kier alpha value is -1.27. The Bertz CT molecular complexity index is 656. The van der Waals surface area contributed by atoms with E-state index in [9.17, 15) is 0 Å². The van der Waals surface area contributed by atoms with Gasteiger partial charge in [0.2, 0.25) is 0 Å². The Morgan fingerprint density at radius 3 is 2.52 bits per heavy atom. The number of hydrogen-bond donors (Lipinski definition) is 1. The lowest BCUT2D eigenvalue weighted by molar-refractivity contribution is 0.197. The Morgan fingerprint density at radius 2 is 1.91 bits per heavy atom. The second-order valence-electron chi connectivity index (χ2n) is 5.44. The molecule has 1 aliphatic rings. The maximum Gasteiger partial charge on any atom is 0.124 e. The number of nitrogens with zero attached hydrogens (tertiary/aromatic N) is 1. The van der Waals surface area contributed by atoms with Crippen LogP contribution < -0.4 is 14.8 Å². The summed E-state index contributed by atoms with van der Waals surface area (Å²) in [6, 6.07) is 10.2. The molecule has 1 aliphatic heterocycles. The molecular weight excluding hydrogens is 332 g/mol. The molecule has 2 aromatic rings. The Morgan fingerprint density at radius 1 is 1.13 bits per heavy atom. The van der Waals surface area contributed by atoms with Crippen molar-refractivity contribution in [3.8, 4) is 11.5 Å². The fraction of sp³-hybridized carbons (Fsp3) is 0.412. The Kier molecular flexibility index (Phi) is 5.43. The topological polar surface area (TPSA) is 33.7 Å². The van der Waals surface area contributed by atoms with Crippen LogP contribution in [0.15, 0.2) is 30.3 Å². The second-order valence-corrected chi connectivity index (χ2v) is 7.18. The highest BCUT2D eigenvalue weighted by atomic mass is 35.5. The van der Waals surface area contributed by atoms with E-state index in [0.29, 0.717) is 0 Å². The lowest BCUT2D eigenvalue weighted by atomic mass is 10.0. The summed E-state index contributed by atoms with van der Waals surface area (Å²) in [5, 5.41) is 3.41. The van der Waals surface area contributed by atoms with Crippen molar-refractivity contribution < 1.29 is 9.47 Å². The average Bonchev–Trinajstić information content (AvgIpc) is 3.02. The number of methoxy groups -OCH3 is 2. The highest BCUT2D eigenvalue weighted by Crippen LogP contribution is 2.40. The average molecular weight is 353 g/mol. The first kappa shape index (κ1) is 16.6. The van der Waals surface area contributed by atoms with Crippen LogP contribution in [0.5, 0.6) is 11.5 Å². The molecule has 6 heteroatoms. The maximum atomic E-state index is 6.19. The lowest BCUT2D eigenvalue weighted by Gasteiger charge is -2.35. The molecule has 1 aromatic heterocycles. The SMILES string of the molecule is COc1ccc(OC)c(C(c2ccc(Cl)s2)N2CCNCC2)c1. The number of piperazine rings is 1.